The molecular weight excluding hydrogens is 458 g/mol. The van der Waals surface area contributed by atoms with Crippen molar-refractivity contribution in [1.82, 2.24) is 4.98 Å². The predicted octanol–water partition coefficient (Wildman–Crippen LogP) is 6.90. The van der Waals surface area contributed by atoms with Gasteiger partial charge in [-0.05, 0) is 60.7 Å². The van der Waals surface area contributed by atoms with Crippen LogP contribution in [-0.2, 0) is 9.59 Å². The monoisotopic (exact) mass is 483 g/mol. The van der Waals surface area contributed by atoms with Crippen LogP contribution in [0, 0.1) is 0 Å². The number of hydrogen-bond acceptors (Lipinski definition) is 3. The molecule has 0 atom stereocenters. The largest absolute Gasteiger partial charge is 0.280 e. The van der Waals surface area contributed by atoms with Gasteiger partial charge >= 0.3 is 0 Å². The number of anilines is 4. The molecule has 0 unspecified atom stereocenters. The lowest BCUT2D eigenvalue weighted by molar-refractivity contribution is -0.128. The fraction of sp³-hybridized carbons (Fsp3) is 0.0312. The first-order valence-electron chi connectivity index (χ1n) is 12.0. The minimum atomic E-state index is -1.19. The minimum Gasteiger partial charge on any atom is -0.280 e. The molecule has 1 aromatic heterocycles. The van der Waals surface area contributed by atoms with Crippen molar-refractivity contribution in [3.05, 3.63) is 151 Å². The van der Waals surface area contributed by atoms with E-state index in [4.69, 9.17) is 0 Å². The highest BCUT2D eigenvalue weighted by Gasteiger charge is 2.38. The van der Waals surface area contributed by atoms with Crippen LogP contribution in [0.3, 0.4) is 0 Å². The molecule has 1 heterocycles. The molecule has 37 heavy (non-hydrogen) atoms. The summed E-state index contributed by atoms with van der Waals surface area (Å²) in [6.07, 6.45) is 1.60. The van der Waals surface area contributed by atoms with E-state index in [1.165, 1.54) is 0 Å². The molecule has 0 spiro atoms. The number of benzene rings is 4. The van der Waals surface area contributed by atoms with E-state index in [1.54, 1.807) is 34.2 Å². The maximum Gasteiger partial charge on any atom is 0.250 e. The second kappa shape index (κ2) is 11.1. The number of carbonyl (C=O) groups excluding carboxylic acids is 2. The molecule has 0 aliphatic heterocycles. The summed E-state index contributed by atoms with van der Waals surface area (Å²) in [6, 6.07) is 42.7. The Morgan fingerprint density at radius 3 is 1.08 bits per heavy atom. The molecule has 0 radical (unpaired) electrons. The van der Waals surface area contributed by atoms with Gasteiger partial charge in [0.1, 0.15) is 0 Å². The number of nitrogens with zero attached hydrogens (tertiary/aromatic N) is 3. The Labute approximate surface area is 216 Å². The van der Waals surface area contributed by atoms with E-state index in [2.05, 4.69) is 4.98 Å². The zero-order chi connectivity index (χ0) is 25.5. The quantitative estimate of drug-likeness (QED) is 0.237. The lowest BCUT2D eigenvalue weighted by Crippen LogP contribution is -2.41. The zero-order valence-electron chi connectivity index (χ0n) is 20.1. The minimum absolute atomic E-state index is 0.381. The van der Waals surface area contributed by atoms with Gasteiger partial charge in [0, 0.05) is 28.9 Å². The van der Waals surface area contributed by atoms with Gasteiger partial charge in [-0.3, -0.25) is 24.4 Å². The number of para-hydroxylation sites is 4. The molecule has 5 aromatic rings. The molecule has 5 nitrogen and oxygen atoms in total. The molecule has 5 rings (SSSR count). The molecule has 0 saturated carbocycles. The van der Waals surface area contributed by atoms with Gasteiger partial charge in [0.05, 0.1) is 5.69 Å². The standard InChI is InChI=1S/C32H25N3O2/c36-31(34(25-15-5-1-6-16-25)26-17-7-2-8-18-26)30(29-23-13-14-24-33-29)32(37)35(27-19-9-3-10-20-27)28-21-11-4-12-22-28/h1-24,30H. The fourth-order valence-corrected chi connectivity index (χ4v) is 4.28. The maximum atomic E-state index is 14.5. The Kier molecular flexibility index (Phi) is 7.14. The summed E-state index contributed by atoms with van der Waals surface area (Å²) in [5, 5.41) is 0. The number of pyridine rings is 1. The Morgan fingerprint density at radius 2 is 0.784 bits per heavy atom. The van der Waals surface area contributed by atoms with Crippen molar-refractivity contribution in [2.24, 2.45) is 0 Å². The molecule has 180 valence electrons. The van der Waals surface area contributed by atoms with Crippen molar-refractivity contribution in [1.29, 1.82) is 0 Å². The first-order chi connectivity index (χ1) is 18.2. The van der Waals surface area contributed by atoms with Crippen LogP contribution in [0.5, 0.6) is 0 Å². The van der Waals surface area contributed by atoms with Crippen molar-refractivity contribution >= 4 is 34.6 Å². The SMILES string of the molecule is O=C(C(C(=O)N(c1ccccc1)c1ccccc1)c1ccccn1)N(c1ccccc1)c1ccccc1. The van der Waals surface area contributed by atoms with Gasteiger partial charge in [0.2, 0.25) is 11.8 Å². The highest BCUT2D eigenvalue weighted by molar-refractivity contribution is 6.20. The second-order valence-corrected chi connectivity index (χ2v) is 8.38. The number of carbonyl (C=O) groups is 2. The van der Waals surface area contributed by atoms with Crippen LogP contribution in [0.1, 0.15) is 11.6 Å². The lowest BCUT2D eigenvalue weighted by Gasteiger charge is -2.31. The summed E-state index contributed by atoms with van der Waals surface area (Å²) in [5.41, 5.74) is 3.04. The molecular formula is C32H25N3O2. The number of rotatable bonds is 7. The third-order valence-electron chi connectivity index (χ3n) is 5.98. The van der Waals surface area contributed by atoms with Crippen LogP contribution in [0.15, 0.2) is 146 Å². The van der Waals surface area contributed by atoms with Crippen molar-refractivity contribution < 1.29 is 9.59 Å². The first-order valence-corrected chi connectivity index (χ1v) is 12.0. The van der Waals surface area contributed by atoms with Crippen LogP contribution < -0.4 is 9.80 Å². The molecule has 0 aliphatic rings. The summed E-state index contributed by atoms with van der Waals surface area (Å²) in [7, 11) is 0. The van der Waals surface area contributed by atoms with E-state index in [1.807, 2.05) is 121 Å². The molecule has 0 fully saturated rings. The maximum absolute atomic E-state index is 14.5. The molecule has 5 heteroatoms. The number of hydrogen-bond donors (Lipinski definition) is 0. The molecule has 4 aromatic carbocycles. The zero-order valence-corrected chi connectivity index (χ0v) is 20.1. The molecule has 0 N–H and O–H groups in total. The molecule has 0 aliphatic carbocycles. The molecule has 0 saturated heterocycles. The van der Waals surface area contributed by atoms with Gasteiger partial charge in [-0.1, -0.05) is 78.9 Å². The van der Waals surface area contributed by atoms with Crippen molar-refractivity contribution in [2.75, 3.05) is 9.80 Å². The topological polar surface area (TPSA) is 53.5 Å². The predicted molar refractivity (Wildman–Crippen MR) is 147 cm³/mol. The Bertz CT molecular complexity index is 1270. The van der Waals surface area contributed by atoms with E-state index >= 15 is 0 Å². The van der Waals surface area contributed by atoms with E-state index in [0.29, 0.717) is 28.4 Å². The molecule has 2 amide bonds. The first kappa shape index (κ1) is 23.7. The summed E-state index contributed by atoms with van der Waals surface area (Å²) in [6.45, 7) is 0. The van der Waals surface area contributed by atoms with E-state index < -0.39 is 17.7 Å². The molecule has 0 bridgehead atoms. The summed E-state index contributed by atoms with van der Waals surface area (Å²) in [4.78, 5) is 36.6. The number of aromatic nitrogens is 1. The average Bonchev–Trinajstić information content (AvgIpc) is 2.96. The van der Waals surface area contributed by atoms with Crippen LogP contribution in [-0.4, -0.2) is 16.8 Å². The normalized spacial score (nSPS) is 10.6. The fourth-order valence-electron chi connectivity index (χ4n) is 4.28. The average molecular weight is 484 g/mol. The summed E-state index contributed by atoms with van der Waals surface area (Å²) < 4.78 is 0. The summed E-state index contributed by atoms with van der Waals surface area (Å²) in [5.74, 6) is -1.97. The highest BCUT2D eigenvalue weighted by Crippen LogP contribution is 2.34. The van der Waals surface area contributed by atoms with Gasteiger partial charge in [0.15, 0.2) is 5.92 Å². The van der Waals surface area contributed by atoms with Crippen LogP contribution in [0.4, 0.5) is 22.7 Å². The van der Waals surface area contributed by atoms with E-state index in [0.717, 1.165) is 0 Å². The Balaban J connectivity index is 1.67. The van der Waals surface area contributed by atoms with E-state index in [9.17, 15) is 9.59 Å². The summed E-state index contributed by atoms with van der Waals surface area (Å²) >= 11 is 0. The Hall–Kier alpha value is -5.03. The van der Waals surface area contributed by atoms with Gasteiger partial charge < -0.3 is 0 Å². The smallest absolute Gasteiger partial charge is 0.250 e. The van der Waals surface area contributed by atoms with Crippen molar-refractivity contribution in [3.63, 3.8) is 0 Å². The Morgan fingerprint density at radius 1 is 0.459 bits per heavy atom. The van der Waals surface area contributed by atoms with Crippen molar-refractivity contribution in [3.8, 4) is 0 Å². The van der Waals surface area contributed by atoms with Crippen LogP contribution in [0.2, 0.25) is 0 Å². The number of amides is 2. The van der Waals surface area contributed by atoms with E-state index in [-0.39, 0.29) is 0 Å². The van der Waals surface area contributed by atoms with Gasteiger partial charge in [-0.2, -0.15) is 0 Å². The lowest BCUT2D eigenvalue weighted by atomic mass is 9.98. The van der Waals surface area contributed by atoms with Crippen LogP contribution >= 0.6 is 0 Å². The second-order valence-electron chi connectivity index (χ2n) is 8.38. The van der Waals surface area contributed by atoms with Gasteiger partial charge in [-0.25, -0.2) is 0 Å². The highest BCUT2D eigenvalue weighted by atomic mass is 16.2. The van der Waals surface area contributed by atoms with Crippen molar-refractivity contribution in [2.45, 2.75) is 5.92 Å². The van der Waals surface area contributed by atoms with Crippen LogP contribution in [0.25, 0.3) is 0 Å². The van der Waals surface area contributed by atoms with Gasteiger partial charge in [0.25, 0.3) is 0 Å². The third-order valence-corrected chi connectivity index (χ3v) is 5.98. The van der Waals surface area contributed by atoms with Gasteiger partial charge in [-0.15, -0.1) is 0 Å². The third kappa shape index (κ3) is 5.16.